The molecule has 2 unspecified atom stereocenters. The Hall–Kier alpha value is -0.340. The second-order valence-electron chi connectivity index (χ2n) is 4.31. The summed E-state index contributed by atoms with van der Waals surface area (Å²) in [4.78, 5) is 1.54. The predicted molar refractivity (Wildman–Crippen MR) is 58.0 cm³/mol. The highest BCUT2D eigenvalue weighted by atomic mass is 32.1. The Labute approximate surface area is 84.0 Å². The molecule has 1 aromatic heterocycles. The molecule has 2 heteroatoms. The van der Waals surface area contributed by atoms with Gasteiger partial charge in [-0.1, -0.05) is 19.9 Å². The number of thiophene rings is 1. The molecule has 1 saturated carbocycles. The Morgan fingerprint density at radius 3 is 2.85 bits per heavy atom. The van der Waals surface area contributed by atoms with Crippen molar-refractivity contribution in [1.29, 1.82) is 0 Å². The molecule has 0 saturated heterocycles. The first kappa shape index (κ1) is 9.22. The lowest BCUT2D eigenvalue weighted by Gasteiger charge is -2.20. The third-order valence-corrected chi connectivity index (χ3v) is 4.51. The van der Waals surface area contributed by atoms with Crippen LogP contribution in [0.3, 0.4) is 0 Å². The summed E-state index contributed by atoms with van der Waals surface area (Å²) in [7, 11) is 0. The maximum Gasteiger partial charge on any atom is 0.0114 e. The molecule has 1 aliphatic carbocycles. The van der Waals surface area contributed by atoms with Crippen molar-refractivity contribution < 1.29 is 0 Å². The summed E-state index contributed by atoms with van der Waals surface area (Å²) in [6.07, 6.45) is 1.29. The first-order valence-electron chi connectivity index (χ1n) is 4.96. The molecule has 1 nitrogen and oxygen atoms in total. The summed E-state index contributed by atoms with van der Waals surface area (Å²) in [5, 5.41) is 2.17. The molecule has 0 aliphatic heterocycles. The van der Waals surface area contributed by atoms with Crippen LogP contribution in [0.2, 0.25) is 0 Å². The maximum absolute atomic E-state index is 5.76. The molecule has 0 radical (unpaired) electrons. The van der Waals surface area contributed by atoms with Gasteiger partial charge in [0.2, 0.25) is 0 Å². The molecule has 2 atom stereocenters. The fraction of sp³-hybridized carbons (Fsp3) is 0.636. The van der Waals surface area contributed by atoms with E-state index in [1.807, 2.05) is 11.3 Å². The third-order valence-electron chi connectivity index (χ3n) is 3.45. The van der Waals surface area contributed by atoms with Crippen molar-refractivity contribution in [1.82, 2.24) is 0 Å². The van der Waals surface area contributed by atoms with E-state index in [0.29, 0.717) is 5.41 Å². The van der Waals surface area contributed by atoms with Crippen LogP contribution in [0.4, 0.5) is 0 Å². The average molecular weight is 195 g/mol. The molecule has 0 spiro atoms. The molecular formula is C11H17NS. The highest BCUT2D eigenvalue weighted by Crippen LogP contribution is 2.59. The zero-order valence-electron chi connectivity index (χ0n) is 8.29. The van der Waals surface area contributed by atoms with E-state index in [0.717, 1.165) is 18.4 Å². The van der Waals surface area contributed by atoms with Gasteiger partial charge >= 0.3 is 0 Å². The summed E-state index contributed by atoms with van der Waals surface area (Å²) >= 11 is 1.88. The standard InChI is InChI=1S/C11H17NS/c1-8(2)11(6-9(11)7-12)10-4-3-5-13-10/h3-5,8-9H,6-7,12H2,1-2H3. The van der Waals surface area contributed by atoms with Crippen molar-refractivity contribution in [3.05, 3.63) is 22.4 Å². The number of rotatable bonds is 3. The van der Waals surface area contributed by atoms with Crippen LogP contribution in [0.1, 0.15) is 25.1 Å². The van der Waals surface area contributed by atoms with Crippen LogP contribution in [0.25, 0.3) is 0 Å². The highest BCUT2D eigenvalue weighted by molar-refractivity contribution is 7.10. The normalized spacial score (nSPS) is 32.5. The molecule has 2 rings (SSSR count). The first-order valence-corrected chi connectivity index (χ1v) is 5.84. The summed E-state index contributed by atoms with van der Waals surface area (Å²) in [6, 6.07) is 4.41. The van der Waals surface area contributed by atoms with E-state index < -0.39 is 0 Å². The number of hydrogen-bond acceptors (Lipinski definition) is 2. The highest BCUT2D eigenvalue weighted by Gasteiger charge is 2.56. The molecule has 1 fully saturated rings. The Kier molecular flexibility index (Phi) is 2.20. The summed E-state index contributed by atoms with van der Waals surface area (Å²) in [6.45, 7) is 5.47. The van der Waals surface area contributed by atoms with E-state index in [9.17, 15) is 0 Å². The van der Waals surface area contributed by atoms with Gasteiger partial charge in [0.25, 0.3) is 0 Å². The van der Waals surface area contributed by atoms with Gasteiger partial charge in [-0.15, -0.1) is 11.3 Å². The molecule has 1 aromatic rings. The maximum atomic E-state index is 5.76. The van der Waals surface area contributed by atoms with Crippen LogP contribution in [0.15, 0.2) is 17.5 Å². The summed E-state index contributed by atoms with van der Waals surface area (Å²) in [5.41, 5.74) is 6.19. The minimum atomic E-state index is 0.433. The minimum Gasteiger partial charge on any atom is -0.330 e. The van der Waals surface area contributed by atoms with Gasteiger partial charge in [-0.05, 0) is 36.2 Å². The van der Waals surface area contributed by atoms with Gasteiger partial charge in [-0.25, -0.2) is 0 Å². The van der Waals surface area contributed by atoms with Crippen molar-refractivity contribution in [3.63, 3.8) is 0 Å². The van der Waals surface area contributed by atoms with E-state index >= 15 is 0 Å². The number of nitrogens with two attached hydrogens (primary N) is 1. The van der Waals surface area contributed by atoms with Gasteiger partial charge in [0.15, 0.2) is 0 Å². The van der Waals surface area contributed by atoms with Crippen LogP contribution in [-0.2, 0) is 5.41 Å². The molecule has 0 bridgehead atoms. The Morgan fingerprint density at radius 2 is 2.46 bits per heavy atom. The van der Waals surface area contributed by atoms with Gasteiger partial charge in [0.1, 0.15) is 0 Å². The Morgan fingerprint density at radius 1 is 1.69 bits per heavy atom. The second kappa shape index (κ2) is 3.10. The largest absolute Gasteiger partial charge is 0.330 e. The van der Waals surface area contributed by atoms with Gasteiger partial charge in [0, 0.05) is 10.3 Å². The second-order valence-corrected chi connectivity index (χ2v) is 5.26. The van der Waals surface area contributed by atoms with E-state index in [1.165, 1.54) is 11.3 Å². The summed E-state index contributed by atoms with van der Waals surface area (Å²) in [5.74, 6) is 1.45. The fourth-order valence-electron chi connectivity index (χ4n) is 2.48. The average Bonchev–Trinajstić information content (AvgIpc) is 2.62. The first-order chi connectivity index (χ1) is 6.21. The Bertz CT molecular complexity index is 278. The molecule has 13 heavy (non-hydrogen) atoms. The minimum absolute atomic E-state index is 0.433. The van der Waals surface area contributed by atoms with E-state index in [-0.39, 0.29) is 0 Å². The molecular weight excluding hydrogens is 178 g/mol. The zero-order valence-corrected chi connectivity index (χ0v) is 9.10. The van der Waals surface area contributed by atoms with Crippen LogP contribution in [0, 0.1) is 11.8 Å². The Balaban J connectivity index is 2.28. The predicted octanol–water partition coefficient (Wildman–Crippen LogP) is 2.62. The molecule has 1 heterocycles. The van der Waals surface area contributed by atoms with Gasteiger partial charge in [0.05, 0.1) is 0 Å². The van der Waals surface area contributed by atoms with Crippen LogP contribution in [0.5, 0.6) is 0 Å². The monoisotopic (exact) mass is 195 g/mol. The van der Waals surface area contributed by atoms with Crippen molar-refractivity contribution in [2.75, 3.05) is 6.54 Å². The van der Waals surface area contributed by atoms with Crippen molar-refractivity contribution in [3.8, 4) is 0 Å². The summed E-state index contributed by atoms with van der Waals surface area (Å²) < 4.78 is 0. The molecule has 0 amide bonds. The topological polar surface area (TPSA) is 26.0 Å². The lowest BCUT2D eigenvalue weighted by molar-refractivity contribution is 0.449. The van der Waals surface area contributed by atoms with E-state index in [1.54, 1.807) is 0 Å². The molecule has 2 N–H and O–H groups in total. The van der Waals surface area contributed by atoms with E-state index in [4.69, 9.17) is 5.73 Å². The van der Waals surface area contributed by atoms with Crippen LogP contribution in [-0.4, -0.2) is 6.54 Å². The SMILES string of the molecule is CC(C)C1(c2cccs2)CC1CN. The van der Waals surface area contributed by atoms with Crippen molar-refractivity contribution in [2.45, 2.75) is 25.7 Å². The molecule has 72 valence electrons. The van der Waals surface area contributed by atoms with Crippen LogP contribution >= 0.6 is 11.3 Å². The van der Waals surface area contributed by atoms with Crippen LogP contribution < -0.4 is 5.73 Å². The van der Waals surface area contributed by atoms with Gasteiger partial charge in [-0.3, -0.25) is 0 Å². The fourth-order valence-corrected chi connectivity index (χ4v) is 3.65. The van der Waals surface area contributed by atoms with Crippen molar-refractivity contribution >= 4 is 11.3 Å². The van der Waals surface area contributed by atoms with Gasteiger partial charge < -0.3 is 5.73 Å². The smallest absolute Gasteiger partial charge is 0.0114 e. The zero-order chi connectivity index (χ0) is 9.47. The van der Waals surface area contributed by atoms with Gasteiger partial charge in [-0.2, -0.15) is 0 Å². The quantitative estimate of drug-likeness (QED) is 0.788. The lowest BCUT2D eigenvalue weighted by Crippen LogP contribution is -2.20. The molecule has 1 aliphatic rings. The van der Waals surface area contributed by atoms with Crippen molar-refractivity contribution in [2.24, 2.45) is 17.6 Å². The van der Waals surface area contributed by atoms with E-state index in [2.05, 4.69) is 31.4 Å². The third kappa shape index (κ3) is 1.24. The lowest BCUT2D eigenvalue weighted by atomic mass is 9.88. The number of hydrogen-bond donors (Lipinski definition) is 1. The molecule has 0 aromatic carbocycles.